The molecule has 102 valence electrons. The van der Waals surface area contributed by atoms with Crippen molar-refractivity contribution in [1.29, 1.82) is 0 Å². The fraction of sp³-hybridized carbons (Fsp3) is 0.278. The summed E-state index contributed by atoms with van der Waals surface area (Å²) in [5, 5.41) is 0. The van der Waals surface area contributed by atoms with Gasteiger partial charge in [-0.15, -0.1) is 0 Å². The first-order valence-corrected chi connectivity index (χ1v) is 7.07. The number of hydrogen-bond donors (Lipinski definition) is 0. The maximum Gasteiger partial charge on any atom is 0.234 e. The van der Waals surface area contributed by atoms with Crippen LogP contribution in [-0.4, -0.2) is 24.4 Å². The van der Waals surface area contributed by atoms with E-state index >= 15 is 0 Å². The quantitative estimate of drug-likeness (QED) is 0.775. The SMILES string of the molecule is Cc1ccccc1[C@@H]1C(=O)N(C)CCc2ccccc21. The van der Waals surface area contributed by atoms with E-state index in [2.05, 4.69) is 37.3 Å². The minimum Gasteiger partial charge on any atom is -0.345 e. The topological polar surface area (TPSA) is 20.3 Å². The number of hydrogen-bond acceptors (Lipinski definition) is 1. The second-order valence-corrected chi connectivity index (χ2v) is 5.50. The van der Waals surface area contributed by atoms with Gasteiger partial charge in [0, 0.05) is 13.6 Å². The molecule has 0 bridgehead atoms. The van der Waals surface area contributed by atoms with Crippen molar-refractivity contribution >= 4 is 5.91 Å². The number of carbonyl (C=O) groups is 1. The van der Waals surface area contributed by atoms with Gasteiger partial charge in [-0.25, -0.2) is 0 Å². The molecule has 0 fully saturated rings. The molecule has 1 heterocycles. The van der Waals surface area contributed by atoms with Crippen LogP contribution in [0.4, 0.5) is 0 Å². The fourth-order valence-corrected chi connectivity index (χ4v) is 3.01. The number of nitrogens with zero attached hydrogens (tertiary/aromatic N) is 1. The van der Waals surface area contributed by atoms with Crippen LogP contribution in [0.25, 0.3) is 0 Å². The monoisotopic (exact) mass is 265 g/mol. The summed E-state index contributed by atoms with van der Waals surface area (Å²) in [5.41, 5.74) is 4.75. The summed E-state index contributed by atoms with van der Waals surface area (Å²) in [6.45, 7) is 2.87. The second-order valence-electron chi connectivity index (χ2n) is 5.50. The van der Waals surface area contributed by atoms with Gasteiger partial charge in [-0.2, -0.15) is 0 Å². The first-order valence-electron chi connectivity index (χ1n) is 7.07. The van der Waals surface area contributed by atoms with Gasteiger partial charge in [0.05, 0.1) is 5.92 Å². The average molecular weight is 265 g/mol. The lowest BCUT2D eigenvalue weighted by Crippen LogP contribution is -2.31. The van der Waals surface area contributed by atoms with Gasteiger partial charge in [-0.05, 0) is 35.6 Å². The highest BCUT2D eigenvalue weighted by Gasteiger charge is 2.30. The molecule has 2 heteroatoms. The fourth-order valence-electron chi connectivity index (χ4n) is 3.01. The third-order valence-electron chi connectivity index (χ3n) is 4.21. The number of likely N-dealkylation sites (N-methyl/N-ethyl adjacent to an activating group) is 1. The van der Waals surface area contributed by atoms with E-state index in [0.717, 1.165) is 24.1 Å². The van der Waals surface area contributed by atoms with Crippen LogP contribution in [0.15, 0.2) is 48.5 Å². The molecule has 3 rings (SSSR count). The highest BCUT2D eigenvalue weighted by molar-refractivity contribution is 5.88. The molecule has 1 aliphatic heterocycles. The molecule has 0 spiro atoms. The third kappa shape index (κ3) is 2.11. The maximum absolute atomic E-state index is 12.8. The number of fused-ring (bicyclic) bond motifs is 1. The molecule has 1 atom stereocenters. The van der Waals surface area contributed by atoms with Gasteiger partial charge in [-0.3, -0.25) is 4.79 Å². The van der Waals surface area contributed by atoms with Crippen molar-refractivity contribution in [2.75, 3.05) is 13.6 Å². The average Bonchev–Trinajstić information content (AvgIpc) is 2.59. The standard InChI is InChI=1S/C18H19NO/c1-13-7-3-5-9-15(13)17-16-10-6-4-8-14(16)11-12-19(2)18(17)20/h3-10,17H,11-12H2,1-2H3/t17-/m0/s1. The van der Waals surface area contributed by atoms with Gasteiger partial charge in [0.15, 0.2) is 0 Å². The minimum absolute atomic E-state index is 0.167. The summed E-state index contributed by atoms with van der Waals surface area (Å²) in [6.07, 6.45) is 0.931. The first-order chi connectivity index (χ1) is 9.68. The summed E-state index contributed by atoms with van der Waals surface area (Å²) < 4.78 is 0. The zero-order valence-corrected chi connectivity index (χ0v) is 12.0. The number of carbonyl (C=O) groups excluding carboxylic acids is 1. The first kappa shape index (κ1) is 12.9. The summed E-state index contributed by atoms with van der Waals surface area (Å²) >= 11 is 0. The van der Waals surface area contributed by atoms with Crippen molar-refractivity contribution in [2.45, 2.75) is 19.3 Å². The van der Waals surface area contributed by atoms with Crippen molar-refractivity contribution in [1.82, 2.24) is 4.90 Å². The predicted octanol–water partition coefficient (Wildman–Crippen LogP) is 3.14. The van der Waals surface area contributed by atoms with Crippen LogP contribution in [0.2, 0.25) is 0 Å². The van der Waals surface area contributed by atoms with Crippen molar-refractivity contribution in [2.24, 2.45) is 0 Å². The maximum atomic E-state index is 12.8. The van der Waals surface area contributed by atoms with Crippen molar-refractivity contribution in [3.8, 4) is 0 Å². The Morgan fingerprint density at radius 2 is 1.65 bits per heavy atom. The largest absolute Gasteiger partial charge is 0.345 e. The number of aryl methyl sites for hydroxylation is 1. The highest BCUT2D eigenvalue weighted by atomic mass is 16.2. The number of benzene rings is 2. The van der Waals surface area contributed by atoms with E-state index in [1.807, 2.05) is 30.1 Å². The Bertz CT molecular complexity index is 647. The summed E-state index contributed by atoms with van der Waals surface area (Å²) in [7, 11) is 1.90. The molecule has 1 amide bonds. The lowest BCUT2D eigenvalue weighted by Gasteiger charge is -2.22. The van der Waals surface area contributed by atoms with Crippen LogP contribution < -0.4 is 0 Å². The molecule has 0 radical (unpaired) electrons. The van der Waals surface area contributed by atoms with Gasteiger partial charge < -0.3 is 4.90 Å². The van der Waals surface area contributed by atoms with Gasteiger partial charge >= 0.3 is 0 Å². The lowest BCUT2D eigenvalue weighted by atomic mass is 9.85. The Hall–Kier alpha value is -2.09. The van der Waals surface area contributed by atoms with E-state index < -0.39 is 0 Å². The smallest absolute Gasteiger partial charge is 0.234 e. The Labute approximate surface area is 120 Å². The highest BCUT2D eigenvalue weighted by Crippen LogP contribution is 2.33. The Morgan fingerprint density at radius 3 is 2.40 bits per heavy atom. The molecular formula is C18H19NO. The van der Waals surface area contributed by atoms with Gasteiger partial charge in [0.2, 0.25) is 5.91 Å². The molecule has 2 aromatic carbocycles. The molecule has 0 N–H and O–H groups in total. The van der Waals surface area contributed by atoms with Crippen LogP contribution in [0, 0.1) is 6.92 Å². The van der Waals surface area contributed by atoms with Crippen LogP contribution in [-0.2, 0) is 11.2 Å². The number of amides is 1. The van der Waals surface area contributed by atoms with Crippen LogP contribution in [0.5, 0.6) is 0 Å². The van der Waals surface area contributed by atoms with E-state index in [9.17, 15) is 4.79 Å². The summed E-state index contributed by atoms with van der Waals surface area (Å²) in [6, 6.07) is 16.5. The van der Waals surface area contributed by atoms with E-state index in [4.69, 9.17) is 0 Å². The molecular weight excluding hydrogens is 246 g/mol. The molecule has 2 nitrogen and oxygen atoms in total. The van der Waals surface area contributed by atoms with Crippen LogP contribution in [0.3, 0.4) is 0 Å². The molecule has 0 aliphatic carbocycles. The molecule has 0 aromatic heterocycles. The number of rotatable bonds is 1. The second kappa shape index (κ2) is 5.12. The Kier molecular flexibility index (Phi) is 3.31. The predicted molar refractivity (Wildman–Crippen MR) is 80.8 cm³/mol. The van der Waals surface area contributed by atoms with Gasteiger partial charge in [0.1, 0.15) is 0 Å². The van der Waals surface area contributed by atoms with Gasteiger partial charge in [-0.1, -0.05) is 48.5 Å². The molecule has 0 unspecified atom stereocenters. The summed E-state index contributed by atoms with van der Waals surface area (Å²) in [5.74, 6) is 0.0316. The zero-order valence-electron chi connectivity index (χ0n) is 12.0. The van der Waals surface area contributed by atoms with Crippen molar-refractivity contribution in [3.63, 3.8) is 0 Å². The van der Waals surface area contributed by atoms with Crippen molar-refractivity contribution in [3.05, 3.63) is 70.8 Å². The van der Waals surface area contributed by atoms with Gasteiger partial charge in [0.25, 0.3) is 0 Å². The van der Waals surface area contributed by atoms with E-state index in [0.29, 0.717) is 0 Å². The van der Waals surface area contributed by atoms with E-state index in [1.165, 1.54) is 11.1 Å². The minimum atomic E-state index is -0.167. The Morgan fingerprint density at radius 1 is 1.00 bits per heavy atom. The Balaban J connectivity index is 2.20. The van der Waals surface area contributed by atoms with E-state index in [1.54, 1.807) is 0 Å². The molecule has 20 heavy (non-hydrogen) atoms. The molecule has 0 saturated heterocycles. The molecule has 1 aliphatic rings. The molecule has 2 aromatic rings. The third-order valence-corrected chi connectivity index (χ3v) is 4.21. The van der Waals surface area contributed by atoms with Crippen LogP contribution >= 0.6 is 0 Å². The lowest BCUT2D eigenvalue weighted by molar-refractivity contribution is -0.130. The van der Waals surface area contributed by atoms with E-state index in [-0.39, 0.29) is 11.8 Å². The summed E-state index contributed by atoms with van der Waals surface area (Å²) in [4.78, 5) is 14.6. The zero-order chi connectivity index (χ0) is 14.1. The van der Waals surface area contributed by atoms with Crippen LogP contribution in [0.1, 0.15) is 28.2 Å². The normalized spacial score (nSPS) is 18.6. The molecule has 0 saturated carbocycles. The van der Waals surface area contributed by atoms with Crippen molar-refractivity contribution < 1.29 is 4.79 Å².